The lowest BCUT2D eigenvalue weighted by Crippen LogP contribution is -2.03. The molecule has 96 valence electrons. The average molecular weight is 344 g/mol. The molecule has 4 nitrogen and oxygen atoms in total. The van der Waals surface area contributed by atoms with E-state index in [9.17, 15) is 8.42 Å². The van der Waals surface area contributed by atoms with Crippen molar-refractivity contribution >= 4 is 35.7 Å². The fourth-order valence-corrected chi connectivity index (χ4v) is 3.06. The van der Waals surface area contributed by atoms with Crippen LogP contribution in [0.5, 0.6) is 11.5 Å². The van der Waals surface area contributed by atoms with E-state index in [0.29, 0.717) is 21.5 Å². The normalized spacial score (nSPS) is 11.4. The van der Waals surface area contributed by atoms with Gasteiger partial charge in [-0.15, -0.1) is 0 Å². The number of rotatable bonds is 4. The number of aryl methyl sites for hydroxylation is 1. The van der Waals surface area contributed by atoms with Gasteiger partial charge in [-0.3, -0.25) is 0 Å². The Labute approximate surface area is 113 Å². The first-order valence-electron chi connectivity index (χ1n) is 4.62. The van der Waals surface area contributed by atoms with Gasteiger partial charge in [0, 0.05) is 20.7 Å². The third kappa shape index (κ3) is 3.50. The average Bonchev–Trinajstić information content (AvgIpc) is 2.22. The van der Waals surface area contributed by atoms with Gasteiger partial charge in [0.1, 0.15) is 0 Å². The van der Waals surface area contributed by atoms with Crippen LogP contribution in [0.3, 0.4) is 0 Å². The van der Waals surface area contributed by atoms with Crippen molar-refractivity contribution in [3.63, 3.8) is 0 Å². The quantitative estimate of drug-likeness (QED) is 0.789. The molecule has 1 aromatic rings. The maximum atomic E-state index is 11.2. The summed E-state index contributed by atoms with van der Waals surface area (Å²) in [6.07, 6.45) is 0. The molecule has 0 fully saturated rings. The Morgan fingerprint density at radius 2 is 1.94 bits per heavy atom. The lowest BCUT2D eigenvalue weighted by Gasteiger charge is -2.15. The van der Waals surface area contributed by atoms with E-state index in [2.05, 4.69) is 15.9 Å². The van der Waals surface area contributed by atoms with Crippen LogP contribution in [0.2, 0.25) is 0 Å². The van der Waals surface area contributed by atoms with Gasteiger partial charge in [0.2, 0.25) is 9.05 Å². The lowest BCUT2D eigenvalue weighted by molar-refractivity contribution is 0.352. The molecule has 0 N–H and O–H groups in total. The van der Waals surface area contributed by atoms with E-state index in [-0.39, 0.29) is 5.75 Å². The molecule has 1 rings (SSSR count). The standard InChI is InChI=1S/C10H12BrClO4S/c1-6-4-8(15-2)10(16-3)7(9(6)11)5-17(12,13)14/h4H,5H2,1-3H3. The zero-order valence-corrected chi connectivity index (χ0v) is 12.7. The zero-order chi connectivity index (χ0) is 13.2. The fourth-order valence-electron chi connectivity index (χ4n) is 1.49. The minimum absolute atomic E-state index is 0.323. The van der Waals surface area contributed by atoms with E-state index in [1.54, 1.807) is 6.07 Å². The Kier molecular flexibility index (Phi) is 4.69. The highest BCUT2D eigenvalue weighted by atomic mass is 79.9. The van der Waals surface area contributed by atoms with Gasteiger partial charge in [-0.1, -0.05) is 15.9 Å². The first kappa shape index (κ1) is 14.6. The summed E-state index contributed by atoms with van der Waals surface area (Å²) in [5, 5.41) is 0. The summed E-state index contributed by atoms with van der Waals surface area (Å²) < 4.78 is 33.3. The largest absolute Gasteiger partial charge is 0.493 e. The molecule has 0 aliphatic heterocycles. The Bertz CT molecular complexity index is 528. The van der Waals surface area contributed by atoms with Crippen molar-refractivity contribution in [3.8, 4) is 11.5 Å². The van der Waals surface area contributed by atoms with Crippen molar-refractivity contribution in [3.05, 3.63) is 21.7 Å². The highest BCUT2D eigenvalue weighted by Gasteiger charge is 2.20. The molecule has 0 radical (unpaired) electrons. The molecular formula is C10H12BrClO4S. The van der Waals surface area contributed by atoms with E-state index in [0.717, 1.165) is 5.56 Å². The first-order chi connectivity index (χ1) is 7.80. The fraction of sp³-hybridized carbons (Fsp3) is 0.400. The number of benzene rings is 1. The smallest absolute Gasteiger partial charge is 0.236 e. The lowest BCUT2D eigenvalue weighted by atomic mass is 10.1. The molecule has 0 heterocycles. The van der Waals surface area contributed by atoms with Gasteiger partial charge in [-0.25, -0.2) is 8.42 Å². The van der Waals surface area contributed by atoms with Crippen molar-refractivity contribution in [1.29, 1.82) is 0 Å². The summed E-state index contributed by atoms with van der Waals surface area (Å²) >= 11 is 3.33. The van der Waals surface area contributed by atoms with E-state index in [1.807, 2.05) is 6.92 Å². The van der Waals surface area contributed by atoms with E-state index < -0.39 is 9.05 Å². The number of ether oxygens (including phenoxy) is 2. The van der Waals surface area contributed by atoms with Crippen molar-refractivity contribution in [2.45, 2.75) is 12.7 Å². The minimum Gasteiger partial charge on any atom is -0.493 e. The van der Waals surface area contributed by atoms with Gasteiger partial charge in [-0.05, 0) is 18.6 Å². The highest BCUT2D eigenvalue weighted by Crippen LogP contribution is 2.39. The molecule has 0 atom stereocenters. The number of hydrogen-bond donors (Lipinski definition) is 0. The number of halogens is 2. The minimum atomic E-state index is -3.67. The van der Waals surface area contributed by atoms with Crippen LogP contribution in [0.25, 0.3) is 0 Å². The van der Waals surface area contributed by atoms with Crippen LogP contribution < -0.4 is 9.47 Å². The van der Waals surface area contributed by atoms with Crippen molar-refractivity contribution < 1.29 is 17.9 Å². The summed E-state index contributed by atoms with van der Waals surface area (Å²) in [5.74, 6) is 0.522. The highest BCUT2D eigenvalue weighted by molar-refractivity contribution is 9.10. The zero-order valence-electron chi connectivity index (χ0n) is 9.58. The molecule has 17 heavy (non-hydrogen) atoms. The van der Waals surface area contributed by atoms with Gasteiger partial charge in [-0.2, -0.15) is 0 Å². The van der Waals surface area contributed by atoms with Gasteiger partial charge >= 0.3 is 0 Å². The van der Waals surface area contributed by atoms with Crippen LogP contribution >= 0.6 is 26.6 Å². The molecule has 0 unspecified atom stereocenters. The molecule has 7 heteroatoms. The maximum Gasteiger partial charge on any atom is 0.236 e. The van der Waals surface area contributed by atoms with Gasteiger partial charge in [0.25, 0.3) is 0 Å². The van der Waals surface area contributed by atoms with E-state index in [1.165, 1.54) is 14.2 Å². The summed E-state index contributed by atoms with van der Waals surface area (Å²) in [6.45, 7) is 1.83. The second-order valence-electron chi connectivity index (χ2n) is 3.40. The van der Waals surface area contributed by atoms with Crippen molar-refractivity contribution in [2.75, 3.05) is 14.2 Å². The molecule has 0 bridgehead atoms. The topological polar surface area (TPSA) is 52.6 Å². The second kappa shape index (κ2) is 5.46. The van der Waals surface area contributed by atoms with Gasteiger partial charge < -0.3 is 9.47 Å². The Hall–Kier alpha value is -0.460. The summed E-state index contributed by atoms with van der Waals surface area (Å²) in [4.78, 5) is 0. The van der Waals surface area contributed by atoms with Crippen LogP contribution in [0.15, 0.2) is 10.5 Å². The molecule has 0 aliphatic carbocycles. The van der Waals surface area contributed by atoms with Crippen LogP contribution in [0, 0.1) is 6.92 Å². The predicted octanol–water partition coefficient (Wildman–Crippen LogP) is 2.84. The SMILES string of the molecule is COc1cc(C)c(Br)c(CS(=O)(=O)Cl)c1OC. The van der Waals surface area contributed by atoms with Crippen molar-refractivity contribution in [1.82, 2.24) is 0 Å². The van der Waals surface area contributed by atoms with Gasteiger partial charge in [0.15, 0.2) is 11.5 Å². The van der Waals surface area contributed by atoms with Crippen LogP contribution in [-0.4, -0.2) is 22.6 Å². The third-order valence-electron chi connectivity index (χ3n) is 2.20. The van der Waals surface area contributed by atoms with E-state index in [4.69, 9.17) is 20.2 Å². The summed E-state index contributed by atoms with van der Waals surface area (Å²) in [5.41, 5.74) is 1.30. The molecule has 0 saturated heterocycles. The molecule has 0 aliphatic rings. The monoisotopic (exact) mass is 342 g/mol. The molecule has 0 saturated carbocycles. The van der Waals surface area contributed by atoms with Gasteiger partial charge in [0.05, 0.1) is 20.0 Å². The summed E-state index contributed by atoms with van der Waals surface area (Å²) in [7, 11) is 4.54. The first-order valence-corrected chi connectivity index (χ1v) is 7.89. The Morgan fingerprint density at radius 3 is 2.35 bits per heavy atom. The molecule has 0 aromatic heterocycles. The second-order valence-corrected chi connectivity index (χ2v) is 6.97. The molecule has 1 aromatic carbocycles. The predicted molar refractivity (Wildman–Crippen MR) is 70.5 cm³/mol. The Balaban J connectivity index is 3.49. The van der Waals surface area contributed by atoms with Crippen molar-refractivity contribution in [2.24, 2.45) is 0 Å². The molecule has 0 amide bonds. The Morgan fingerprint density at radius 1 is 1.35 bits per heavy atom. The summed E-state index contributed by atoms with van der Waals surface area (Å²) in [6, 6.07) is 1.76. The third-order valence-corrected chi connectivity index (χ3v) is 4.26. The van der Waals surface area contributed by atoms with Crippen LogP contribution in [-0.2, 0) is 14.8 Å². The molecular weight excluding hydrogens is 332 g/mol. The van der Waals surface area contributed by atoms with Crippen LogP contribution in [0.1, 0.15) is 11.1 Å². The maximum absolute atomic E-state index is 11.2. The molecule has 0 spiro atoms. The number of hydrogen-bond acceptors (Lipinski definition) is 4. The number of methoxy groups -OCH3 is 2. The van der Waals surface area contributed by atoms with Crippen LogP contribution in [0.4, 0.5) is 0 Å². The van der Waals surface area contributed by atoms with E-state index >= 15 is 0 Å².